The molecule has 0 radical (unpaired) electrons. The molecule has 150 valence electrons. The topological polar surface area (TPSA) is 51.0 Å². The van der Waals surface area contributed by atoms with Crippen LogP contribution >= 0.6 is 0 Å². The number of hydrogen-bond donors (Lipinski definition) is 0. The van der Waals surface area contributed by atoms with Gasteiger partial charge in [0.1, 0.15) is 0 Å². The van der Waals surface area contributed by atoms with Crippen molar-refractivity contribution in [3.05, 3.63) is 83.2 Å². The van der Waals surface area contributed by atoms with Crippen LogP contribution in [0.3, 0.4) is 0 Å². The van der Waals surface area contributed by atoms with E-state index in [-0.39, 0.29) is 11.9 Å². The van der Waals surface area contributed by atoms with Gasteiger partial charge in [-0.25, -0.2) is 0 Å². The first-order chi connectivity index (χ1) is 14.5. The van der Waals surface area contributed by atoms with Crippen molar-refractivity contribution in [3.63, 3.8) is 0 Å². The molecule has 4 aromatic rings. The van der Waals surface area contributed by atoms with E-state index in [0.717, 1.165) is 23.0 Å². The number of fused-ring (bicyclic) bond motifs is 2. The van der Waals surface area contributed by atoms with E-state index < -0.39 is 0 Å². The van der Waals surface area contributed by atoms with Gasteiger partial charge in [-0.3, -0.25) is 14.5 Å². The zero-order valence-corrected chi connectivity index (χ0v) is 17.5. The molecule has 1 aliphatic rings. The second kappa shape index (κ2) is 7.10. The van der Waals surface area contributed by atoms with Gasteiger partial charge < -0.3 is 4.90 Å². The molecule has 1 amide bonds. The van der Waals surface area contributed by atoms with Gasteiger partial charge >= 0.3 is 0 Å². The van der Waals surface area contributed by atoms with Gasteiger partial charge in [-0.15, -0.1) is 0 Å². The molecule has 3 heterocycles. The predicted octanol–water partition coefficient (Wildman–Crippen LogP) is 4.70. The van der Waals surface area contributed by atoms with Crippen LogP contribution in [-0.4, -0.2) is 32.1 Å². The molecule has 0 spiro atoms. The summed E-state index contributed by atoms with van der Waals surface area (Å²) in [4.78, 5) is 19.6. The zero-order chi connectivity index (χ0) is 20.8. The molecular weight excluding hydrogens is 372 g/mol. The summed E-state index contributed by atoms with van der Waals surface area (Å²) in [5, 5.41) is 5.82. The van der Waals surface area contributed by atoms with Crippen molar-refractivity contribution in [1.82, 2.24) is 19.7 Å². The summed E-state index contributed by atoms with van der Waals surface area (Å²) in [6.07, 6.45) is 2.57. The van der Waals surface area contributed by atoms with Crippen LogP contribution in [0, 0.1) is 6.92 Å². The summed E-state index contributed by atoms with van der Waals surface area (Å²) < 4.78 is 1.97. The number of aromatic nitrogens is 3. The molecule has 5 heteroatoms. The highest BCUT2D eigenvalue weighted by molar-refractivity contribution is 5.98. The Kier molecular flexibility index (Phi) is 4.39. The molecule has 0 bridgehead atoms. The second-order valence-corrected chi connectivity index (χ2v) is 7.99. The highest BCUT2D eigenvalue weighted by atomic mass is 16.2. The second-order valence-electron chi connectivity index (χ2n) is 7.99. The number of rotatable bonds is 2. The molecule has 1 atom stereocenters. The van der Waals surface area contributed by atoms with Crippen LogP contribution < -0.4 is 0 Å². The lowest BCUT2D eigenvalue weighted by Crippen LogP contribution is -2.38. The van der Waals surface area contributed by atoms with E-state index in [1.54, 1.807) is 6.20 Å². The van der Waals surface area contributed by atoms with Crippen LogP contribution in [0.25, 0.3) is 22.2 Å². The maximum absolute atomic E-state index is 13.4. The molecule has 5 nitrogen and oxygen atoms in total. The quantitative estimate of drug-likeness (QED) is 0.493. The van der Waals surface area contributed by atoms with Gasteiger partial charge in [-0.1, -0.05) is 30.3 Å². The number of carbonyl (C=O) groups excluding carboxylic acids is 1. The standard InChI is InChI=1S/C25H24N4O/c1-16-7-4-5-9-20(16)24-21-12-14-29(17(2)23(21)27-28(24)3)25(30)19-10-11-22-18(15-19)8-6-13-26-22/h4-11,13,15,17H,12,14H2,1-3H3/t17-/m0/s1. The number of hydrogen-bond acceptors (Lipinski definition) is 3. The first-order valence-electron chi connectivity index (χ1n) is 10.3. The monoisotopic (exact) mass is 396 g/mol. The number of amides is 1. The van der Waals surface area contributed by atoms with E-state index in [1.165, 1.54) is 22.4 Å². The molecule has 2 aromatic carbocycles. The van der Waals surface area contributed by atoms with Crippen LogP contribution in [0.5, 0.6) is 0 Å². The van der Waals surface area contributed by atoms with E-state index in [2.05, 4.69) is 43.1 Å². The van der Waals surface area contributed by atoms with Crippen molar-refractivity contribution in [2.24, 2.45) is 7.05 Å². The highest BCUT2D eigenvalue weighted by Gasteiger charge is 2.33. The fourth-order valence-corrected chi connectivity index (χ4v) is 4.57. The third-order valence-corrected chi connectivity index (χ3v) is 6.15. The van der Waals surface area contributed by atoms with Gasteiger partial charge in [0.05, 0.1) is 22.9 Å². The smallest absolute Gasteiger partial charge is 0.254 e. The van der Waals surface area contributed by atoms with E-state index in [1.807, 2.05) is 47.0 Å². The lowest BCUT2D eigenvalue weighted by Gasteiger charge is -2.33. The molecular formula is C25H24N4O. The van der Waals surface area contributed by atoms with E-state index in [9.17, 15) is 4.79 Å². The predicted molar refractivity (Wildman–Crippen MR) is 118 cm³/mol. The number of carbonyl (C=O) groups is 1. The molecule has 30 heavy (non-hydrogen) atoms. The van der Waals surface area contributed by atoms with Crippen molar-refractivity contribution in [2.45, 2.75) is 26.3 Å². The Labute approximate surface area is 176 Å². The summed E-state index contributed by atoms with van der Waals surface area (Å²) >= 11 is 0. The highest BCUT2D eigenvalue weighted by Crippen LogP contribution is 2.37. The Morgan fingerprint density at radius 3 is 2.77 bits per heavy atom. The Morgan fingerprint density at radius 1 is 1.10 bits per heavy atom. The molecule has 0 aliphatic carbocycles. The lowest BCUT2D eigenvalue weighted by atomic mass is 9.93. The van der Waals surface area contributed by atoms with Gasteiger partial charge in [0.2, 0.25) is 0 Å². The molecule has 0 saturated heterocycles. The van der Waals surface area contributed by atoms with Crippen LogP contribution in [0.2, 0.25) is 0 Å². The Morgan fingerprint density at radius 2 is 1.93 bits per heavy atom. The maximum Gasteiger partial charge on any atom is 0.254 e. The molecule has 2 aromatic heterocycles. The molecule has 0 N–H and O–H groups in total. The van der Waals surface area contributed by atoms with E-state index in [0.29, 0.717) is 12.1 Å². The summed E-state index contributed by atoms with van der Waals surface area (Å²) in [5.74, 6) is 0.0435. The van der Waals surface area contributed by atoms with Crippen LogP contribution in [0.1, 0.15) is 40.1 Å². The molecule has 0 unspecified atom stereocenters. The van der Waals surface area contributed by atoms with Crippen molar-refractivity contribution in [3.8, 4) is 11.3 Å². The SMILES string of the molecule is Cc1ccccc1-c1c2c(nn1C)[C@H](C)N(C(=O)c1ccc3ncccc3c1)CC2. The lowest BCUT2D eigenvalue weighted by molar-refractivity contribution is 0.0674. The molecule has 1 aliphatic heterocycles. The largest absolute Gasteiger partial charge is 0.330 e. The summed E-state index contributed by atoms with van der Waals surface area (Å²) in [7, 11) is 2.00. The minimum Gasteiger partial charge on any atom is -0.330 e. The normalized spacial score (nSPS) is 16.0. The van der Waals surface area contributed by atoms with Crippen molar-refractivity contribution < 1.29 is 4.79 Å². The fourth-order valence-electron chi connectivity index (χ4n) is 4.57. The van der Waals surface area contributed by atoms with Gasteiger partial charge in [0.25, 0.3) is 5.91 Å². The first kappa shape index (κ1) is 18.6. The average Bonchev–Trinajstić information content (AvgIpc) is 3.10. The molecule has 0 saturated carbocycles. The zero-order valence-electron chi connectivity index (χ0n) is 17.5. The summed E-state index contributed by atoms with van der Waals surface area (Å²) in [6.45, 7) is 4.89. The molecule has 5 rings (SSSR count). The third-order valence-electron chi connectivity index (χ3n) is 6.15. The Hall–Kier alpha value is -3.47. The number of benzene rings is 2. The van der Waals surface area contributed by atoms with E-state index in [4.69, 9.17) is 5.10 Å². The van der Waals surface area contributed by atoms with Crippen LogP contribution in [0.4, 0.5) is 0 Å². The van der Waals surface area contributed by atoms with Crippen molar-refractivity contribution in [1.29, 1.82) is 0 Å². The number of aryl methyl sites for hydroxylation is 2. The van der Waals surface area contributed by atoms with Crippen LogP contribution in [0.15, 0.2) is 60.8 Å². The minimum atomic E-state index is -0.0742. The van der Waals surface area contributed by atoms with Crippen molar-refractivity contribution in [2.75, 3.05) is 6.54 Å². The average molecular weight is 396 g/mol. The van der Waals surface area contributed by atoms with Gasteiger partial charge in [0, 0.05) is 41.9 Å². The Balaban J connectivity index is 1.51. The van der Waals surface area contributed by atoms with Gasteiger partial charge in [-0.2, -0.15) is 5.10 Å². The minimum absolute atomic E-state index is 0.0435. The maximum atomic E-state index is 13.4. The third kappa shape index (κ3) is 2.89. The van der Waals surface area contributed by atoms with Gasteiger partial charge in [-0.05, 0) is 50.1 Å². The summed E-state index contributed by atoms with van der Waals surface area (Å²) in [5.41, 5.74) is 7.46. The summed E-state index contributed by atoms with van der Waals surface area (Å²) in [6, 6.07) is 17.9. The molecule has 0 fully saturated rings. The van der Waals surface area contributed by atoms with Gasteiger partial charge in [0.15, 0.2) is 0 Å². The number of pyridine rings is 1. The Bertz CT molecular complexity index is 1270. The first-order valence-corrected chi connectivity index (χ1v) is 10.3. The van der Waals surface area contributed by atoms with Crippen LogP contribution in [-0.2, 0) is 13.5 Å². The van der Waals surface area contributed by atoms with E-state index >= 15 is 0 Å². The van der Waals surface area contributed by atoms with Crippen molar-refractivity contribution >= 4 is 16.8 Å². The fraction of sp³-hybridized carbons (Fsp3) is 0.240. The number of nitrogens with zero attached hydrogens (tertiary/aromatic N) is 4.